The van der Waals surface area contributed by atoms with E-state index in [-0.39, 0.29) is 17.6 Å². The summed E-state index contributed by atoms with van der Waals surface area (Å²) in [7, 11) is 0. The van der Waals surface area contributed by atoms with Gasteiger partial charge in [-0.1, -0.05) is 0 Å². The average Bonchev–Trinajstić information content (AvgIpc) is 2.77. The highest BCUT2D eigenvalue weighted by atomic mass is 79.9. The van der Waals surface area contributed by atoms with Gasteiger partial charge in [0, 0.05) is 5.56 Å². The molecule has 0 spiro atoms. The highest BCUT2D eigenvalue weighted by Gasteiger charge is 2.15. The smallest absolute Gasteiger partial charge is 0.228 e. The summed E-state index contributed by atoms with van der Waals surface area (Å²) in [5, 5.41) is 0. The molecule has 0 aliphatic rings. The topological polar surface area (TPSA) is 65.5 Å². The molecular formula is C14H14BrNO3. The molecule has 2 N–H and O–H groups in total. The minimum absolute atomic E-state index is 0.0323. The number of benzene rings is 1. The maximum Gasteiger partial charge on any atom is 0.228 e. The van der Waals surface area contributed by atoms with Gasteiger partial charge in [-0.05, 0) is 60.1 Å². The van der Waals surface area contributed by atoms with Gasteiger partial charge >= 0.3 is 0 Å². The van der Waals surface area contributed by atoms with Crippen LogP contribution in [0, 0.1) is 0 Å². The van der Waals surface area contributed by atoms with Crippen LogP contribution in [0.5, 0.6) is 5.75 Å². The van der Waals surface area contributed by atoms with Gasteiger partial charge in [0.05, 0.1) is 11.8 Å². The normalized spacial score (nSPS) is 10.7. The molecule has 2 aromatic rings. The number of ketones is 1. The third-order valence-corrected chi connectivity index (χ3v) is 2.86. The van der Waals surface area contributed by atoms with Crippen LogP contribution >= 0.6 is 15.9 Å². The van der Waals surface area contributed by atoms with Crippen molar-refractivity contribution in [2.45, 2.75) is 20.0 Å². The van der Waals surface area contributed by atoms with E-state index in [4.69, 9.17) is 14.9 Å². The molecule has 0 aliphatic carbocycles. The van der Waals surface area contributed by atoms with E-state index in [2.05, 4.69) is 15.9 Å². The van der Waals surface area contributed by atoms with Gasteiger partial charge in [0.25, 0.3) is 0 Å². The molecule has 0 aliphatic heterocycles. The predicted molar refractivity (Wildman–Crippen MR) is 76.5 cm³/mol. The second-order valence-electron chi connectivity index (χ2n) is 4.35. The lowest BCUT2D eigenvalue weighted by molar-refractivity contribution is 0.101. The largest absolute Gasteiger partial charge is 0.489 e. The van der Waals surface area contributed by atoms with Crippen molar-refractivity contribution < 1.29 is 13.9 Å². The molecule has 2 rings (SSSR count). The van der Waals surface area contributed by atoms with Crippen LogP contribution in [0.4, 0.5) is 5.69 Å². The molecule has 0 saturated carbocycles. The van der Waals surface area contributed by atoms with Crippen molar-refractivity contribution in [2.75, 3.05) is 5.73 Å². The number of nitrogen functional groups attached to an aromatic ring is 1. The van der Waals surface area contributed by atoms with Crippen molar-refractivity contribution in [2.24, 2.45) is 0 Å². The number of carbonyl (C=O) groups is 1. The summed E-state index contributed by atoms with van der Waals surface area (Å²) in [5.41, 5.74) is 6.78. The third-order valence-electron chi connectivity index (χ3n) is 2.43. The van der Waals surface area contributed by atoms with Crippen LogP contribution in [0.15, 0.2) is 39.4 Å². The molecular weight excluding hydrogens is 310 g/mol. The summed E-state index contributed by atoms with van der Waals surface area (Å²) in [4.78, 5) is 12.1. The van der Waals surface area contributed by atoms with E-state index < -0.39 is 0 Å². The van der Waals surface area contributed by atoms with Gasteiger partial charge in [0.15, 0.2) is 10.4 Å². The monoisotopic (exact) mass is 323 g/mol. The molecule has 100 valence electrons. The van der Waals surface area contributed by atoms with Gasteiger partial charge in [0.1, 0.15) is 5.75 Å². The van der Waals surface area contributed by atoms with Crippen molar-refractivity contribution in [1.29, 1.82) is 0 Å². The minimum atomic E-state index is -0.214. The van der Waals surface area contributed by atoms with Crippen LogP contribution < -0.4 is 10.5 Å². The van der Waals surface area contributed by atoms with E-state index in [0.29, 0.717) is 21.7 Å². The van der Waals surface area contributed by atoms with Gasteiger partial charge in [-0.2, -0.15) is 0 Å². The van der Waals surface area contributed by atoms with Crippen LogP contribution in [0.1, 0.15) is 30.0 Å². The highest BCUT2D eigenvalue weighted by Crippen LogP contribution is 2.25. The van der Waals surface area contributed by atoms with Gasteiger partial charge < -0.3 is 14.9 Å². The van der Waals surface area contributed by atoms with Crippen LogP contribution in [0.2, 0.25) is 0 Å². The lowest BCUT2D eigenvalue weighted by atomic mass is 10.1. The van der Waals surface area contributed by atoms with Crippen molar-refractivity contribution in [3.05, 3.63) is 46.3 Å². The Kier molecular flexibility index (Phi) is 3.95. The fourth-order valence-electron chi connectivity index (χ4n) is 1.63. The Hall–Kier alpha value is -1.75. The fraction of sp³-hybridized carbons (Fsp3) is 0.214. The lowest BCUT2D eigenvalue weighted by Crippen LogP contribution is -2.08. The molecule has 0 atom stereocenters. The van der Waals surface area contributed by atoms with E-state index in [0.717, 1.165) is 0 Å². The molecule has 19 heavy (non-hydrogen) atoms. The Morgan fingerprint density at radius 2 is 2.05 bits per heavy atom. The first-order valence-electron chi connectivity index (χ1n) is 5.83. The Bertz CT molecular complexity index is 604. The maximum atomic E-state index is 12.1. The number of rotatable bonds is 4. The summed E-state index contributed by atoms with van der Waals surface area (Å²) in [6, 6.07) is 8.25. The number of hydrogen-bond donors (Lipinski definition) is 1. The van der Waals surface area contributed by atoms with Gasteiger partial charge in [0.2, 0.25) is 5.78 Å². The number of halogens is 1. The van der Waals surface area contributed by atoms with E-state index in [1.165, 1.54) is 0 Å². The molecule has 1 heterocycles. The molecule has 0 radical (unpaired) electrons. The number of ether oxygens (including phenoxy) is 1. The zero-order valence-corrected chi connectivity index (χ0v) is 12.2. The Labute approximate surface area is 119 Å². The number of hydrogen-bond acceptors (Lipinski definition) is 4. The molecule has 1 aromatic heterocycles. The number of nitrogens with two attached hydrogens (primary N) is 1. The minimum Gasteiger partial charge on any atom is -0.489 e. The SMILES string of the molecule is CC(C)Oc1ccc(C(=O)c2ccc(Br)o2)cc1N. The van der Waals surface area contributed by atoms with E-state index >= 15 is 0 Å². The number of anilines is 1. The quantitative estimate of drug-likeness (QED) is 0.689. The highest BCUT2D eigenvalue weighted by molar-refractivity contribution is 9.10. The van der Waals surface area contributed by atoms with Crippen LogP contribution in [0.3, 0.4) is 0 Å². The predicted octanol–water partition coefficient (Wildman–Crippen LogP) is 3.64. The van der Waals surface area contributed by atoms with Gasteiger partial charge in [-0.25, -0.2) is 0 Å². The summed E-state index contributed by atoms with van der Waals surface area (Å²) in [5.74, 6) is 0.629. The lowest BCUT2D eigenvalue weighted by Gasteiger charge is -2.12. The van der Waals surface area contributed by atoms with Crippen LogP contribution in [-0.2, 0) is 0 Å². The first kappa shape index (κ1) is 13.7. The standard InChI is InChI=1S/C14H14BrNO3/c1-8(2)18-11-4-3-9(7-10(11)16)14(17)12-5-6-13(15)19-12/h3-8H,16H2,1-2H3. The van der Waals surface area contributed by atoms with E-state index in [9.17, 15) is 4.79 Å². The molecule has 4 nitrogen and oxygen atoms in total. The fourth-order valence-corrected chi connectivity index (χ4v) is 1.94. The average molecular weight is 324 g/mol. The first-order valence-corrected chi connectivity index (χ1v) is 6.63. The van der Waals surface area contributed by atoms with Crippen molar-refractivity contribution in [1.82, 2.24) is 0 Å². The van der Waals surface area contributed by atoms with Crippen molar-refractivity contribution >= 4 is 27.4 Å². The third kappa shape index (κ3) is 3.17. The van der Waals surface area contributed by atoms with Crippen molar-refractivity contribution in [3.63, 3.8) is 0 Å². The Morgan fingerprint density at radius 3 is 2.58 bits per heavy atom. The number of carbonyl (C=O) groups excluding carboxylic acids is 1. The zero-order chi connectivity index (χ0) is 14.0. The van der Waals surface area contributed by atoms with E-state index in [1.807, 2.05) is 13.8 Å². The molecule has 0 saturated heterocycles. The van der Waals surface area contributed by atoms with Crippen LogP contribution in [0.25, 0.3) is 0 Å². The Balaban J connectivity index is 2.27. The van der Waals surface area contributed by atoms with Gasteiger partial charge in [-0.15, -0.1) is 0 Å². The molecule has 0 amide bonds. The molecule has 5 heteroatoms. The van der Waals surface area contributed by atoms with E-state index in [1.54, 1.807) is 30.3 Å². The number of furan rings is 1. The molecule has 0 unspecified atom stereocenters. The van der Waals surface area contributed by atoms with Crippen molar-refractivity contribution in [3.8, 4) is 5.75 Å². The molecule has 0 fully saturated rings. The summed E-state index contributed by atoms with van der Waals surface area (Å²) >= 11 is 3.16. The second kappa shape index (κ2) is 5.48. The molecule has 0 bridgehead atoms. The first-order chi connectivity index (χ1) is 8.97. The summed E-state index contributed by atoms with van der Waals surface area (Å²) in [6.07, 6.45) is 0.0323. The van der Waals surface area contributed by atoms with Gasteiger partial charge in [-0.3, -0.25) is 4.79 Å². The van der Waals surface area contributed by atoms with Crippen LogP contribution in [-0.4, -0.2) is 11.9 Å². The maximum absolute atomic E-state index is 12.1. The zero-order valence-electron chi connectivity index (χ0n) is 10.6. The second-order valence-corrected chi connectivity index (χ2v) is 5.13. The molecule has 1 aromatic carbocycles. The summed E-state index contributed by atoms with van der Waals surface area (Å²) < 4.78 is 11.3. The Morgan fingerprint density at radius 1 is 1.32 bits per heavy atom. The summed E-state index contributed by atoms with van der Waals surface area (Å²) in [6.45, 7) is 3.83.